The van der Waals surface area contributed by atoms with Crippen molar-refractivity contribution in [2.75, 3.05) is 18.0 Å². The molecule has 22 heavy (non-hydrogen) atoms. The van der Waals surface area contributed by atoms with E-state index in [4.69, 9.17) is 5.73 Å². The molecule has 1 atom stereocenters. The second-order valence-electron chi connectivity index (χ2n) is 5.74. The van der Waals surface area contributed by atoms with Gasteiger partial charge in [-0.25, -0.2) is 14.6 Å². The van der Waals surface area contributed by atoms with E-state index in [2.05, 4.69) is 38.2 Å². The van der Waals surface area contributed by atoms with Crippen LogP contribution in [0.15, 0.2) is 6.33 Å². The lowest BCUT2D eigenvalue weighted by molar-refractivity contribution is 0.0990. The number of carbonyl (C=O) groups is 1. The zero-order valence-corrected chi connectivity index (χ0v) is 13.5. The number of amides is 1. The monoisotopic (exact) mass is 321 g/mol. The van der Waals surface area contributed by atoms with Crippen LogP contribution in [0.2, 0.25) is 0 Å². The van der Waals surface area contributed by atoms with Gasteiger partial charge in [-0.2, -0.15) is 4.37 Å². The third kappa shape index (κ3) is 2.94. The second kappa shape index (κ2) is 5.99. The molecule has 0 saturated carbocycles. The van der Waals surface area contributed by atoms with Crippen molar-refractivity contribution in [2.24, 2.45) is 5.73 Å². The Morgan fingerprint density at radius 1 is 1.50 bits per heavy atom. The van der Waals surface area contributed by atoms with Crippen molar-refractivity contribution in [2.45, 2.75) is 38.6 Å². The summed E-state index contributed by atoms with van der Waals surface area (Å²) in [5.74, 6) is 0.685. The molecule has 8 nitrogen and oxygen atoms in total. The highest BCUT2D eigenvalue weighted by Gasteiger charge is 2.25. The highest BCUT2D eigenvalue weighted by Crippen LogP contribution is 2.28. The Morgan fingerprint density at radius 3 is 2.95 bits per heavy atom. The van der Waals surface area contributed by atoms with Gasteiger partial charge < -0.3 is 10.6 Å². The van der Waals surface area contributed by atoms with E-state index in [1.807, 2.05) is 0 Å². The topological polar surface area (TPSA) is 103 Å². The maximum absolute atomic E-state index is 11.1. The third-order valence-electron chi connectivity index (χ3n) is 3.72. The molecule has 1 fully saturated rings. The van der Waals surface area contributed by atoms with Crippen molar-refractivity contribution in [3.63, 3.8) is 0 Å². The fraction of sp³-hybridized carbons (Fsp3) is 0.615. The summed E-state index contributed by atoms with van der Waals surface area (Å²) in [5.41, 5.74) is 5.20. The zero-order valence-electron chi connectivity index (χ0n) is 12.6. The molecule has 3 rings (SSSR count). The zero-order chi connectivity index (χ0) is 15.7. The highest BCUT2D eigenvalue weighted by atomic mass is 32.1. The van der Waals surface area contributed by atoms with E-state index in [-0.39, 0.29) is 11.9 Å². The molecule has 1 saturated heterocycles. The number of primary amides is 1. The van der Waals surface area contributed by atoms with Crippen LogP contribution in [-0.4, -0.2) is 43.1 Å². The standard InChI is InChI=1S/C13H19N7OS/c1-8(2)11-16-13(22-18-11)19-5-3-4-9(6-19)20-7-15-12(17-20)10(14)21/h7-9H,3-6H2,1-2H3,(H2,14,21). The SMILES string of the molecule is CC(C)c1nsc(N2CCCC(n3cnc(C(N)=O)n3)C2)n1. The van der Waals surface area contributed by atoms with Gasteiger partial charge in [0, 0.05) is 30.5 Å². The summed E-state index contributed by atoms with van der Waals surface area (Å²) in [7, 11) is 0. The molecule has 0 aromatic carbocycles. The van der Waals surface area contributed by atoms with Gasteiger partial charge in [0.1, 0.15) is 12.2 Å². The van der Waals surface area contributed by atoms with Crippen LogP contribution in [-0.2, 0) is 0 Å². The Kier molecular flexibility index (Phi) is 4.06. The molecule has 2 aromatic heterocycles. The van der Waals surface area contributed by atoms with Gasteiger partial charge in [0.25, 0.3) is 5.91 Å². The summed E-state index contributed by atoms with van der Waals surface area (Å²) >= 11 is 1.44. The minimum atomic E-state index is -0.600. The van der Waals surface area contributed by atoms with Gasteiger partial charge in [0.05, 0.1) is 6.04 Å². The number of nitrogens with two attached hydrogens (primary N) is 1. The van der Waals surface area contributed by atoms with E-state index in [0.717, 1.165) is 36.9 Å². The molecule has 118 valence electrons. The minimum absolute atomic E-state index is 0.0649. The summed E-state index contributed by atoms with van der Waals surface area (Å²) < 4.78 is 6.14. The fourth-order valence-electron chi connectivity index (χ4n) is 2.50. The average molecular weight is 321 g/mol. The molecule has 1 aliphatic rings. The number of carbonyl (C=O) groups excluding carboxylic acids is 1. The Balaban J connectivity index is 1.74. The average Bonchev–Trinajstić information content (AvgIpc) is 3.17. The number of nitrogens with zero attached hydrogens (tertiary/aromatic N) is 6. The molecule has 9 heteroatoms. The largest absolute Gasteiger partial charge is 0.363 e. The Bertz CT molecular complexity index is 665. The van der Waals surface area contributed by atoms with Crippen molar-refractivity contribution < 1.29 is 4.79 Å². The molecule has 0 spiro atoms. The number of hydrogen-bond donors (Lipinski definition) is 1. The van der Waals surface area contributed by atoms with Crippen LogP contribution >= 0.6 is 11.5 Å². The maximum atomic E-state index is 11.1. The van der Waals surface area contributed by atoms with Crippen molar-refractivity contribution in [3.8, 4) is 0 Å². The van der Waals surface area contributed by atoms with Gasteiger partial charge in [-0.15, -0.1) is 5.10 Å². The Labute approximate surface area is 132 Å². The van der Waals surface area contributed by atoms with Crippen LogP contribution in [0.4, 0.5) is 5.13 Å². The van der Waals surface area contributed by atoms with E-state index >= 15 is 0 Å². The summed E-state index contributed by atoms with van der Waals surface area (Å²) in [5, 5.41) is 5.11. The van der Waals surface area contributed by atoms with Crippen LogP contribution in [0, 0.1) is 0 Å². The molecular formula is C13H19N7OS. The quantitative estimate of drug-likeness (QED) is 0.907. The number of hydrogen-bond acceptors (Lipinski definition) is 7. The van der Waals surface area contributed by atoms with Crippen LogP contribution < -0.4 is 10.6 Å². The lowest BCUT2D eigenvalue weighted by Crippen LogP contribution is -2.36. The predicted octanol–water partition coefficient (Wildman–Crippen LogP) is 1.19. The molecule has 0 aliphatic carbocycles. The number of piperidine rings is 1. The van der Waals surface area contributed by atoms with Gasteiger partial charge in [-0.05, 0) is 12.8 Å². The van der Waals surface area contributed by atoms with Gasteiger partial charge in [0.15, 0.2) is 0 Å². The Morgan fingerprint density at radius 2 is 2.32 bits per heavy atom. The summed E-state index contributed by atoms with van der Waals surface area (Å²) in [6.07, 6.45) is 3.61. The van der Waals surface area contributed by atoms with E-state index in [0.29, 0.717) is 5.92 Å². The first kappa shape index (κ1) is 14.9. The van der Waals surface area contributed by atoms with Gasteiger partial charge in [0.2, 0.25) is 11.0 Å². The summed E-state index contributed by atoms with van der Waals surface area (Å²) in [6, 6.07) is 0.167. The third-order valence-corrected chi connectivity index (χ3v) is 4.51. The van der Waals surface area contributed by atoms with E-state index in [1.54, 1.807) is 11.0 Å². The van der Waals surface area contributed by atoms with Gasteiger partial charge in [-0.1, -0.05) is 13.8 Å². The maximum Gasteiger partial charge on any atom is 0.288 e. The number of anilines is 1. The smallest absolute Gasteiger partial charge is 0.288 e. The summed E-state index contributed by atoms with van der Waals surface area (Å²) in [6.45, 7) is 5.92. The van der Waals surface area contributed by atoms with Crippen LogP contribution in [0.25, 0.3) is 0 Å². The lowest BCUT2D eigenvalue weighted by Gasteiger charge is -2.32. The first-order valence-corrected chi connectivity index (χ1v) is 8.11. The molecule has 1 aliphatic heterocycles. The van der Waals surface area contributed by atoms with Crippen LogP contribution in [0.1, 0.15) is 55.1 Å². The fourth-order valence-corrected chi connectivity index (χ4v) is 3.34. The molecule has 1 unspecified atom stereocenters. The molecular weight excluding hydrogens is 302 g/mol. The van der Waals surface area contributed by atoms with E-state index in [9.17, 15) is 4.79 Å². The Hall–Kier alpha value is -2.03. The predicted molar refractivity (Wildman–Crippen MR) is 83.0 cm³/mol. The summed E-state index contributed by atoms with van der Waals surface area (Å²) in [4.78, 5) is 21.9. The number of aromatic nitrogens is 5. The molecule has 3 heterocycles. The normalized spacial score (nSPS) is 18.9. The first-order chi connectivity index (χ1) is 10.5. The van der Waals surface area contributed by atoms with Crippen LogP contribution in [0.5, 0.6) is 0 Å². The molecule has 0 bridgehead atoms. The van der Waals surface area contributed by atoms with Crippen molar-refractivity contribution in [1.82, 2.24) is 24.1 Å². The van der Waals surface area contributed by atoms with Crippen molar-refractivity contribution in [3.05, 3.63) is 18.0 Å². The molecule has 2 aromatic rings. The molecule has 2 N–H and O–H groups in total. The van der Waals surface area contributed by atoms with Gasteiger partial charge >= 0.3 is 0 Å². The van der Waals surface area contributed by atoms with E-state index < -0.39 is 5.91 Å². The molecule has 0 radical (unpaired) electrons. The first-order valence-electron chi connectivity index (χ1n) is 7.34. The van der Waals surface area contributed by atoms with Crippen LogP contribution in [0.3, 0.4) is 0 Å². The van der Waals surface area contributed by atoms with Gasteiger partial charge in [-0.3, -0.25) is 4.79 Å². The van der Waals surface area contributed by atoms with E-state index in [1.165, 1.54) is 11.5 Å². The minimum Gasteiger partial charge on any atom is -0.363 e. The highest BCUT2D eigenvalue weighted by molar-refractivity contribution is 7.09. The number of rotatable bonds is 4. The second-order valence-corrected chi connectivity index (χ2v) is 6.47. The molecule has 1 amide bonds. The van der Waals surface area contributed by atoms with Crippen molar-refractivity contribution in [1.29, 1.82) is 0 Å². The van der Waals surface area contributed by atoms with Crippen molar-refractivity contribution >= 4 is 22.6 Å². The lowest BCUT2D eigenvalue weighted by atomic mass is 10.1.